The fourth-order valence-corrected chi connectivity index (χ4v) is 1.89. The SMILES string of the molecule is CC(N)CC(=O)NCC(C)(C)c1cccc(Cl)c1.Cl. The van der Waals surface area contributed by atoms with Crippen LogP contribution in [0.3, 0.4) is 0 Å². The van der Waals surface area contributed by atoms with Crippen LogP contribution in [0.2, 0.25) is 5.02 Å². The molecule has 1 aromatic rings. The molecule has 0 saturated heterocycles. The quantitative estimate of drug-likeness (QED) is 0.879. The summed E-state index contributed by atoms with van der Waals surface area (Å²) in [4.78, 5) is 11.6. The molecule has 0 radical (unpaired) electrons. The first-order valence-corrected chi connectivity index (χ1v) is 6.47. The topological polar surface area (TPSA) is 55.1 Å². The Kier molecular flexibility index (Phi) is 7.42. The highest BCUT2D eigenvalue weighted by Gasteiger charge is 2.21. The molecule has 1 aromatic carbocycles. The average molecular weight is 305 g/mol. The number of nitrogens with one attached hydrogen (secondary N) is 1. The number of amides is 1. The predicted octanol–water partition coefficient (Wildman–Crippen LogP) is 2.89. The monoisotopic (exact) mass is 304 g/mol. The molecule has 0 fully saturated rings. The second-order valence-electron chi connectivity index (χ2n) is 5.35. The second-order valence-corrected chi connectivity index (χ2v) is 5.79. The summed E-state index contributed by atoms with van der Waals surface area (Å²) in [6.07, 6.45) is 0.353. The molecule has 108 valence electrons. The zero-order valence-corrected chi connectivity index (χ0v) is 13.1. The molecule has 0 aliphatic rings. The number of halogens is 2. The molecule has 1 rings (SSSR count). The summed E-state index contributed by atoms with van der Waals surface area (Å²) in [5, 5.41) is 3.62. The molecule has 0 spiro atoms. The maximum Gasteiger partial charge on any atom is 0.221 e. The number of rotatable bonds is 5. The molecule has 0 aromatic heterocycles. The molecule has 1 amide bonds. The summed E-state index contributed by atoms with van der Waals surface area (Å²) < 4.78 is 0. The standard InChI is InChI=1S/C14H21ClN2O.ClH/c1-10(16)7-13(18)17-9-14(2,3)11-5-4-6-12(15)8-11;/h4-6,8,10H,7,9,16H2,1-3H3,(H,17,18);1H. The van der Waals surface area contributed by atoms with Crippen LogP contribution in [-0.4, -0.2) is 18.5 Å². The lowest BCUT2D eigenvalue weighted by Gasteiger charge is -2.26. The molecule has 1 atom stereocenters. The van der Waals surface area contributed by atoms with Crippen molar-refractivity contribution in [1.29, 1.82) is 0 Å². The molecular weight excluding hydrogens is 283 g/mol. The number of hydrogen-bond acceptors (Lipinski definition) is 2. The lowest BCUT2D eigenvalue weighted by atomic mass is 9.84. The van der Waals surface area contributed by atoms with Gasteiger partial charge in [0.05, 0.1) is 0 Å². The summed E-state index contributed by atoms with van der Waals surface area (Å²) in [6, 6.07) is 7.60. The molecule has 3 N–H and O–H groups in total. The van der Waals surface area contributed by atoms with Crippen molar-refractivity contribution in [3.8, 4) is 0 Å². The number of carbonyl (C=O) groups is 1. The van der Waals surface area contributed by atoms with E-state index in [0.29, 0.717) is 18.0 Å². The highest BCUT2D eigenvalue weighted by Crippen LogP contribution is 2.24. The van der Waals surface area contributed by atoms with E-state index in [-0.39, 0.29) is 29.8 Å². The van der Waals surface area contributed by atoms with Crippen molar-refractivity contribution in [2.75, 3.05) is 6.54 Å². The number of hydrogen-bond donors (Lipinski definition) is 2. The van der Waals surface area contributed by atoms with Crippen LogP contribution in [-0.2, 0) is 10.2 Å². The van der Waals surface area contributed by atoms with Crippen molar-refractivity contribution < 1.29 is 4.79 Å². The third-order valence-corrected chi connectivity index (χ3v) is 3.08. The van der Waals surface area contributed by atoms with Gasteiger partial charge in [0.15, 0.2) is 0 Å². The molecule has 0 aliphatic carbocycles. The van der Waals surface area contributed by atoms with Crippen molar-refractivity contribution in [3.63, 3.8) is 0 Å². The van der Waals surface area contributed by atoms with E-state index in [9.17, 15) is 4.79 Å². The van der Waals surface area contributed by atoms with Crippen LogP contribution < -0.4 is 11.1 Å². The Morgan fingerprint density at radius 3 is 2.63 bits per heavy atom. The smallest absolute Gasteiger partial charge is 0.221 e. The Hall–Kier alpha value is -0.770. The zero-order valence-electron chi connectivity index (χ0n) is 11.6. The number of benzene rings is 1. The van der Waals surface area contributed by atoms with Gasteiger partial charge in [-0.05, 0) is 24.6 Å². The van der Waals surface area contributed by atoms with Crippen LogP contribution in [0.4, 0.5) is 0 Å². The van der Waals surface area contributed by atoms with E-state index >= 15 is 0 Å². The van der Waals surface area contributed by atoms with Gasteiger partial charge in [-0.2, -0.15) is 0 Å². The van der Waals surface area contributed by atoms with Gasteiger partial charge in [0.2, 0.25) is 5.91 Å². The average Bonchev–Trinajstić information content (AvgIpc) is 2.26. The lowest BCUT2D eigenvalue weighted by molar-refractivity contribution is -0.121. The van der Waals surface area contributed by atoms with Gasteiger partial charge in [0.25, 0.3) is 0 Å². The highest BCUT2D eigenvalue weighted by atomic mass is 35.5. The molecule has 0 heterocycles. The molecule has 3 nitrogen and oxygen atoms in total. The number of nitrogens with two attached hydrogens (primary N) is 1. The van der Waals surface area contributed by atoms with E-state index in [1.165, 1.54) is 0 Å². The summed E-state index contributed by atoms with van der Waals surface area (Å²) in [6.45, 7) is 6.54. The van der Waals surface area contributed by atoms with Crippen LogP contribution in [0.25, 0.3) is 0 Å². The zero-order chi connectivity index (χ0) is 13.8. The molecule has 5 heteroatoms. The molecule has 1 unspecified atom stereocenters. The van der Waals surface area contributed by atoms with Gasteiger partial charge in [-0.25, -0.2) is 0 Å². The molecule has 0 bridgehead atoms. The minimum absolute atomic E-state index is 0. The Morgan fingerprint density at radius 1 is 1.47 bits per heavy atom. The van der Waals surface area contributed by atoms with Gasteiger partial charge in [-0.15, -0.1) is 12.4 Å². The normalized spacial score (nSPS) is 12.5. The van der Waals surface area contributed by atoms with E-state index in [2.05, 4.69) is 19.2 Å². The van der Waals surface area contributed by atoms with Gasteiger partial charge >= 0.3 is 0 Å². The van der Waals surface area contributed by atoms with Crippen molar-refractivity contribution in [3.05, 3.63) is 34.9 Å². The van der Waals surface area contributed by atoms with Gasteiger partial charge in [-0.3, -0.25) is 4.79 Å². The van der Waals surface area contributed by atoms with E-state index < -0.39 is 0 Å². The fourth-order valence-electron chi connectivity index (χ4n) is 1.70. The van der Waals surface area contributed by atoms with Crippen molar-refractivity contribution >= 4 is 29.9 Å². The van der Waals surface area contributed by atoms with Crippen LogP contribution >= 0.6 is 24.0 Å². The lowest BCUT2D eigenvalue weighted by Crippen LogP contribution is -2.38. The summed E-state index contributed by atoms with van der Waals surface area (Å²) in [5.74, 6) is -0.0138. The Labute approximate surface area is 126 Å². The van der Waals surface area contributed by atoms with Gasteiger partial charge < -0.3 is 11.1 Å². The third kappa shape index (κ3) is 6.28. The van der Waals surface area contributed by atoms with E-state index in [1.807, 2.05) is 31.2 Å². The molecule has 0 saturated carbocycles. The summed E-state index contributed by atoms with van der Waals surface area (Å²) in [7, 11) is 0. The van der Waals surface area contributed by atoms with Crippen molar-refractivity contribution in [2.45, 2.75) is 38.6 Å². The Balaban J connectivity index is 0.00000324. The van der Waals surface area contributed by atoms with Crippen LogP contribution in [0.1, 0.15) is 32.8 Å². The van der Waals surface area contributed by atoms with Crippen molar-refractivity contribution in [1.82, 2.24) is 5.32 Å². The highest BCUT2D eigenvalue weighted by molar-refractivity contribution is 6.30. The second kappa shape index (κ2) is 7.73. The first-order valence-electron chi connectivity index (χ1n) is 6.09. The minimum atomic E-state index is -0.154. The van der Waals surface area contributed by atoms with Crippen LogP contribution in [0, 0.1) is 0 Å². The molecule has 19 heavy (non-hydrogen) atoms. The summed E-state index contributed by atoms with van der Waals surface area (Å²) in [5.41, 5.74) is 6.54. The van der Waals surface area contributed by atoms with Crippen molar-refractivity contribution in [2.24, 2.45) is 5.73 Å². The van der Waals surface area contributed by atoms with Gasteiger partial charge in [0.1, 0.15) is 0 Å². The van der Waals surface area contributed by atoms with Crippen LogP contribution in [0.15, 0.2) is 24.3 Å². The largest absolute Gasteiger partial charge is 0.355 e. The minimum Gasteiger partial charge on any atom is -0.355 e. The van der Waals surface area contributed by atoms with Gasteiger partial charge in [0, 0.05) is 29.4 Å². The van der Waals surface area contributed by atoms with E-state index in [0.717, 1.165) is 5.56 Å². The molecular formula is C14H22Cl2N2O. The first-order chi connectivity index (χ1) is 8.31. The Morgan fingerprint density at radius 2 is 2.11 bits per heavy atom. The predicted molar refractivity (Wildman–Crippen MR) is 83.0 cm³/mol. The maximum absolute atomic E-state index is 11.6. The fraction of sp³-hybridized carbons (Fsp3) is 0.500. The number of carbonyl (C=O) groups excluding carboxylic acids is 1. The first kappa shape index (κ1) is 18.2. The summed E-state index contributed by atoms with van der Waals surface area (Å²) >= 11 is 5.98. The maximum atomic E-state index is 11.6. The third-order valence-electron chi connectivity index (χ3n) is 2.84. The van der Waals surface area contributed by atoms with Gasteiger partial charge in [-0.1, -0.05) is 37.6 Å². The Bertz CT molecular complexity index is 420. The van der Waals surface area contributed by atoms with Crippen LogP contribution in [0.5, 0.6) is 0 Å². The van der Waals surface area contributed by atoms with E-state index in [1.54, 1.807) is 0 Å². The molecule has 0 aliphatic heterocycles. The van der Waals surface area contributed by atoms with E-state index in [4.69, 9.17) is 17.3 Å².